The summed E-state index contributed by atoms with van der Waals surface area (Å²) in [5.74, 6) is -1.82. The van der Waals surface area contributed by atoms with Crippen molar-refractivity contribution in [1.82, 2.24) is 19.4 Å². The first-order valence-electron chi connectivity index (χ1n) is 12.4. The molecule has 1 atom stereocenters. The number of aromatic nitrogens is 3. The average molecular weight is 549 g/mol. The molecular formula is C28H26F2N6O4. The second-order valence-corrected chi connectivity index (χ2v) is 9.34. The van der Waals surface area contributed by atoms with Crippen LogP contribution in [-0.4, -0.2) is 51.6 Å². The molecule has 2 N–H and O–H groups in total. The quantitative estimate of drug-likeness (QED) is 0.313. The van der Waals surface area contributed by atoms with Gasteiger partial charge in [-0.2, -0.15) is 4.98 Å². The summed E-state index contributed by atoms with van der Waals surface area (Å²) >= 11 is 0. The molecule has 1 aliphatic rings. The monoisotopic (exact) mass is 548 g/mol. The zero-order valence-corrected chi connectivity index (χ0v) is 21.8. The smallest absolute Gasteiger partial charge is 0.294 e. The van der Waals surface area contributed by atoms with Crippen LogP contribution in [0.5, 0.6) is 17.2 Å². The highest BCUT2D eigenvalue weighted by Crippen LogP contribution is 2.33. The zero-order valence-electron chi connectivity index (χ0n) is 21.8. The lowest BCUT2D eigenvalue weighted by Gasteiger charge is -2.18. The minimum absolute atomic E-state index is 0.0122. The third-order valence-electron chi connectivity index (χ3n) is 6.35. The number of carbonyl (C=O) groups excluding carboxylic acids is 1. The molecule has 0 radical (unpaired) electrons. The third kappa shape index (κ3) is 5.76. The summed E-state index contributed by atoms with van der Waals surface area (Å²) in [5.41, 5.74) is 0.716. The minimum Gasteiger partial charge on any atom is -0.487 e. The Morgan fingerprint density at radius 2 is 1.93 bits per heavy atom. The predicted molar refractivity (Wildman–Crippen MR) is 146 cm³/mol. The number of hydrogen-bond acceptors (Lipinski definition) is 8. The van der Waals surface area contributed by atoms with Crippen LogP contribution in [0.25, 0.3) is 11.0 Å². The number of fused-ring (bicyclic) bond motifs is 1. The Hall–Kier alpha value is -4.84. The number of nitrogens with one attached hydrogen (secondary N) is 2. The van der Waals surface area contributed by atoms with E-state index in [9.17, 15) is 18.4 Å². The molecule has 12 heteroatoms. The molecule has 5 rings (SSSR count). The second-order valence-electron chi connectivity index (χ2n) is 9.34. The maximum Gasteiger partial charge on any atom is 0.294 e. The summed E-state index contributed by atoms with van der Waals surface area (Å²) < 4.78 is 40.3. The Bertz CT molecular complexity index is 1680. The van der Waals surface area contributed by atoms with Crippen molar-refractivity contribution in [2.45, 2.75) is 12.5 Å². The first-order chi connectivity index (χ1) is 19.2. The summed E-state index contributed by atoms with van der Waals surface area (Å²) in [6.07, 6.45) is 3.50. The van der Waals surface area contributed by atoms with E-state index >= 15 is 0 Å². The summed E-state index contributed by atoms with van der Waals surface area (Å²) in [5, 5.41) is 6.29. The number of carbonyl (C=O) groups is 1. The van der Waals surface area contributed by atoms with Gasteiger partial charge in [0.25, 0.3) is 5.56 Å². The number of rotatable bonds is 8. The minimum atomic E-state index is -0.938. The van der Waals surface area contributed by atoms with Crippen LogP contribution < -0.4 is 25.7 Å². The number of amides is 1. The fourth-order valence-corrected chi connectivity index (χ4v) is 4.32. The Labute approximate surface area is 227 Å². The molecule has 2 aromatic heterocycles. The summed E-state index contributed by atoms with van der Waals surface area (Å²) in [4.78, 5) is 35.8. The second kappa shape index (κ2) is 11.1. The van der Waals surface area contributed by atoms with Crippen LogP contribution in [0.1, 0.15) is 6.42 Å². The number of aryl methyl sites for hydroxylation is 1. The molecule has 0 aliphatic carbocycles. The topological polar surface area (TPSA) is 111 Å². The number of anilines is 3. The average Bonchev–Trinajstić information content (AvgIpc) is 3.34. The van der Waals surface area contributed by atoms with E-state index in [-0.39, 0.29) is 35.1 Å². The number of halogens is 2. The van der Waals surface area contributed by atoms with Crippen LogP contribution in [0.2, 0.25) is 0 Å². The van der Waals surface area contributed by atoms with E-state index < -0.39 is 17.2 Å². The number of pyridine rings is 1. The number of likely N-dealkylation sites (N-methyl/N-ethyl adjacent to an activating group) is 1. The maximum atomic E-state index is 14.1. The molecule has 4 aromatic rings. The van der Waals surface area contributed by atoms with E-state index in [2.05, 4.69) is 32.1 Å². The maximum absolute atomic E-state index is 14.1. The van der Waals surface area contributed by atoms with Gasteiger partial charge in [-0.15, -0.1) is 0 Å². The summed E-state index contributed by atoms with van der Waals surface area (Å²) in [7, 11) is 3.52. The van der Waals surface area contributed by atoms with Crippen LogP contribution in [0.3, 0.4) is 0 Å². The largest absolute Gasteiger partial charge is 0.487 e. The molecule has 1 fully saturated rings. The predicted octanol–water partition coefficient (Wildman–Crippen LogP) is 4.35. The number of ether oxygens (including phenoxy) is 2. The van der Waals surface area contributed by atoms with Gasteiger partial charge in [0.1, 0.15) is 23.3 Å². The molecule has 0 bridgehead atoms. The Kier molecular flexibility index (Phi) is 7.43. The van der Waals surface area contributed by atoms with Crippen molar-refractivity contribution in [2.24, 2.45) is 7.05 Å². The van der Waals surface area contributed by atoms with E-state index in [0.717, 1.165) is 31.6 Å². The van der Waals surface area contributed by atoms with Gasteiger partial charge in [0.15, 0.2) is 17.3 Å². The van der Waals surface area contributed by atoms with Crippen molar-refractivity contribution in [3.63, 3.8) is 0 Å². The summed E-state index contributed by atoms with van der Waals surface area (Å²) in [6, 6.07) is 9.35. The number of hydrogen-bond donors (Lipinski definition) is 2. The lowest BCUT2D eigenvalue weighted by molar-refractivity contribution is -0.111. The molecule has 1 amide bonds. The van der Waals surface area contributed by atoms with Gasteiger partial charge in [0, 0.05) is 43.5 Å². The third-order valence-corrected chi connectivity index (χ3v) is 6.35. The van der Waals surface area contributed by atoms with Crippen molar-refractivity contribution in [3.8, 4) is 17.2 Å². The van der Waals surface area contributed by atoms with Gasteiger partial charge in [-0.25, -0.2) is 13.8 Å². The van der Waals surface area contributed by atoms with E-state index in [0.29, 0.717) is 28.6 Å². The van der Waals surface area contributed by atoms with Crippen LogP contribution in [0.4, 0.5) is 26.1 Å². The Balaban J connectivity index is 1.46. The molecule has 0 saturated carbocycles. The molecule has 10 nitrogen and oxygen atoms in total. The molecule has 206 valence electrons. The van der Waals surface area contributed by atoms with Crippen LogP contribution >= 0.6 is 0 Å². The van der Waals surface area contributed by atoms with Crippen molar-refractivity contribution in [1.29, 1.82) is 0 Å². The number of nitrogens with zero attached hydrogens (tertiary/aromatic N) is 4. The van der Waals surface area contributed by atoms with Crippen molar-refractivity contribution < 1.29 is 23.0 Å². The van der Waals surface area contributed by atoms with Gasteiger partial charge in [-0.05, 0) is 55.9 Å². The van der Waals surface area contributed by atoms with Crippen LogP contribution in [-0.2, 0) is 11.8 Å². The first kappa shape index (κ1) is 26.8. The van der Waals surface area contributed by atoms with Crippen molar-refractivity contribution in [3.05, 3.63) is 83.3 Å². The highest BCUT2D eigenvalue weighted by atomic mass is 19.1. The molecule has 3 heterocycles. The molecule has 0 spiro atoms. The Morgan fingerprint density at radius 1 is 1.12 bits per heavy atom. The molecule has 1 saturated heterocycles. The Morgan fingerprint density at radius 3 is 2.65 bits per heavy atom. The van der Waals surface area contributed by atoms with Gasteiger partial charge in [0.05, 0.1) is 5.69 Å². The van der Waals surface area contributed by atoms with Gasteiger partial charge >= 0.3 is 0 Å². The van der Waals surface area contributed by atoms with Crippen molar-refractivity contribution in [2.75, 3.05) is 30.8 Å². The lowest BCUT2D eigenvalue weighted by Crippen LogP contribution is -2.22. The summed E-state index contributed by atoms with van der Waals surface area (Å²) in [6.45, 7) is 5.17. The fourth-order valence-electron chi connectivity index (χ4n) is 4.32. The SMILES string of the molecule is C=CC(=O)Nc1ccc(OC2CCN(C)C2)c(Nc2ncc3cc(Oc4ccc(F)cc4F)c(=O)n(C)c3n2)c1. The zero-order chi connectivity index (χ0) is 28.4. The number of likely N-dealkylation sites (tertiary alicyclic amines) is 1. The molecule has 2 aromatic carbocycles. The normalized spacial score (nSPS) is 15.2. The van der Waals surface area contributed by atoms with Gasteiger partial charge in [-0.1, -0.05) is 6.58 Å². The van der Waals surface area contributed by atoms with Gasteiger partial charge < -0.3 is 25.0 Å². The molecular weight excluding hydrogens is 522 g/mol. The van der Waals surface area contributed by atoms with E-state index in [4.69, 9.17) is 9.47 Å². The highest BCUT2D eigenvalue weighted by Gasteiger charge is 2.22. The van der Waals surface area contributed by atoms with Crippen molar-refractivity contribution >= 4 is 34.3 Å². The molecule has 1 unspecified atom stereocenters. The molecule has 1 aliphatic heterocycles. The lowest BCUT2D eigenvalue weighted by atomic mass is 10.2. The van der Waals surface area contributed by atoms with E-state index in [1.54, 1.807) is 18.2 Å². The fraction of sp³-hybridized carbons (Fsp3) is 0.214. The number of benzene rings is 2. The van der Waals surface area contributed by atoms with E-state index in [1.807, 2.05) is 7.05 Å². The first-order valence-corrected chi connectivity index (χ1v) is 12.4. The van der Waals surface area contributed by atoms with Gasteiger partial charge in [-0.3, -0.25) is 14.2 Å². The standard InChI is InChI=1S/C28H26F2N6O4/c1-4-25(37)32-18-6-8-23(39-19-9-10-35(2)15-19)21(13-18)33-28-31-14-16-11-24(27(38)36(3)26(16)34-28)40-22-7-5-17(29)12-20(22)30/h4-8,11-14,19H,1,9-10,15H2,2-3H3,(H,32,37)(H,31,33,34). The van der Waals surface area contributed by atoms with Crippen LogP contribution in [0.15, 0.2) is 66.1 Å². The van der Waals surface area contributed by atoms with Crippen LogP contribution in [0, 0.1) is 11.6 Å². The van der Waals surface area contributed by atoms with E-state index in [1.165, 1.54) is 30.0 Å². The van der Waals surface area contributed by atoms with Gasteiger partial charge in [0.2, 0.25) is 11.9 Å². The highest BCUT2D eigenvalue weighted by molar-refractivity contribution is 5.99. The molecule has 40 heavy (non-hydrogen) atoms.